The minimum Gasteiger partial charge on any atom is -0.316 e. The summed E-state index contributed by atoms with van der Waals surface area (Å²) in [6.07, 6.45) is 1.31. The van der Waals surface area contributed by atoms with E-state index in [9.17, 15) is 4.39 Å². The molecule has 2 rings (SSSR count). The van der Waals surface area contributed by atoms with Crippen molar-refractivity contribution in [2.75, 3.05) is 7.05 Å². The quantitative estimate of drug-likeness (QED) is 0.805. The van der Waals surface area contributed by atoms with E-state index >= 15 is 0 Å². The Labute approximate surface area is 89.9 Å². The van der Waals surface area contributed by atoms with Gasteiger partial charge in [0.2, 0.25) is 0 Å². The van der Waals surface area contributed by atoms with Gasteiger partial charge in [-0.25, -0.2) is 4.39 Å². The maximum absolute atomic E-state index is 12.7. The van der Waals surface area contributed by atoms with Crippen molar-refractivity contribution in [2.24, 2.45) is 11.8 Å². The van der Waals surface area contributed by atoms with Crippen LogP contribution in [0, 0.1) is 17.7 Å². The van der Waals surface area contributed by atoms with Gasteiger partial charge >= 0.3 is 0 Å². The van der Waals surface area contributed by atoms with Crippen LogP contribution in [-0.4, -0.2) is 18.1 Å². The molecule has 0 spiro atoms. The van der Waals surface area contributed by atoms with Crippen molar-refractivity contribution in [1.82, 2.24) is 10.3 Å². The molecule has 0 aliphatic heterocycles. The van der Waals surface area contributed by atoms with Gasteiger partial charge in [-0.1, -0.05) is 13.8 Å². The Morgan fingerprint density at radius 1 is 1.27 bits per heavy atom. The molecule has 1 heterocycles. The average Bonchev–Trinajstić information content (AvgIpc) is 2.22. The van der Waals surface area contributed by atoms with Gasteiger partial charge in [0.1, 0.15) is 5.82 Å². The van der Waals surface area contributed by atoms with E-state index in [1.807, 2.05) is 7.05 Å². The second-order valence-electron chi connectivity index (χ2n) is 4.46. The molecular formula is C12H17FN2. The molecule has 82 valence electrons. The van der Waals surface area contributed by atoms with Gasteiger partial charge in [0.25, 0.3) is 0 Å². The second kappa shape index (κ2) is 3.89. The molecule has 0 saturated heterocycles. The first-order valence-electron chi connectivity index (χ1n) is 5.44. The van der Waals surface area contributed by atoms with E-state index in [1.165, 1.54) is 12.3 Å². The zero-order chi connectivity index (χ0) is 11.0. The van der Waals surface area contributed by atoms with Gasteiger partial charge < -0.3 is 5.32 Å². The molecule has 1 N–H and O–H groups in total. The van der Waals surface area contributed by atoms with E-state index in [0.29, 0.717) is 23.8 Å². The summed E-state index contributed by atoms with van der Waals surface area (Å²) in [5, 5.41) is 3.31. The maximum atomic E-state index is 12.7. The molecule has 1 fully saturated rings. The fourth-order valence-corrected chi connectivity index (χ4v) is 2.91. The molecule has 2 nitrogen and oxygen atoms in total. The highest BCUT2D eigenvalue weighted by Gasteiger charge is 2.45. The summed E-state index contributed by atoms with van der Waals surface area (Å²) in [4.78, 5) is 4.17. The smallest absolute Gasteiger partial charge is 0.141 e. The van der Waals surface area contributed by atoms with Crippen molar-refractivity contribution in [3.05, 3.63) is 29.8 Å². The Morgan fingerprint density at radius 2 is 1.93 bits per heavy atom. The molecule has 0 aromatic carbocycles. The Morgan fingerprint density at radius 3 is 2.40 bits per heavy atom. The van der Waals surface area contributed by atoms with Crippen LogP contribution in [0.25, 0.3) is 0 Å². The number of nitrogens with zero attached hydrogens (tertiary/aromatic N) is 1. The predicted octanol–water partition coefficient (Wildman–Crippen LogP) is 2.18. The number of nitrogens with one attached hydrogen (secondary N) is 1. The summed E-state index contributed by atoms with van der Waals surface area (Å²) in [7, 11) is 1.99. The molecular weight excluding hydrogens is 191 g/mol. The third kappa shape index (κ3) is 1.65. The van der Waals surface area contributed by atoms with Gasteiger partial charge in [0.05, 0.1) is 6.20 Å². The minimum absolute atomic E-state index is 0.261. The lowest BCUT2D eigenvalue weighted by Crippen LogP contribution is -2.53. The fraction of sp³-hybridized carbons (Fsp3) is 0.583. The normalized spacial score (nSPS) is 34.9. The SMILES string of the molecule is CNC1C(C)C(c2ccc(F)cn2)C1C. The monoisotopic (exact) mass is 208 g/mol. The van der Waals surface area contributed by atoms with Crippen molar-refractivity contribution < 1.29 is 4.39 Å². The van der Waals surface area contributed by atoms with Crippen LogP contribution in [0.5, 0.6) is 0 Å². The van der Waals surface area contributed by atoms with Crippen molar-refractivity contribution >= 4 is 0 Å². The van der Waals surface area contributed by atoms with Crippen molar-refractivity contribution in [3.63, 3.8) is 0 Å². The van der Waals surface area contributed by atoms with Gasteiger partial charge in [-0.05, 0) is 31.0 Å². The maximum Gasteiger partial charge on any atom is 0.141 e. The van der Waals surface area contributed by atoms with Gasteiger partial charge in [-0.3, -0.25) is 4.98 Å². The Kier molecular flexibility index (Phi) is 2.74. The van der Waals surface area contributed by atoms with Crippen LogP contribution in [0.15, 0.2) is 18.3 Å². The van der Waals surface area contributed by atoms with Crippen LogP contribution in [0.3, 0.4) is 0 Å². The molecule has 0 radical (unpaired) electrons. The van der Waals surface area contributed by atoms with E-state index in [4.69, 9.17) is 0 Å². The molecule has 0 amide bonds. The molecule has 2 atom stereocenters. The molecule has 1 aliphatic rings. The molecule has 1 aromatic rings. The van der Waals surface area contributed by atoms with Crippen LogP contribution in [0.1, 0.15) is 25.5 Å². The summed E-state index contributed by atoms with van der Waals surface area (Å²) in [5.41, 5.74) is 1.02. The summed E-state index contributed by atoms with van der Waals surface area (Å²) < 4.78 is 12.7. The van der Waals surface area contributed by atoms with Crippen LogP contribution in [-0.2, 0) is 0 Å². The summed E-state index contributed by atoms with van der Waals surface area (Å²) in [6, 6.07) is 3.86. The number of hydrogen-bond donors (Lipinski definition) is 1. The van der Waals surface area contributed by atoms with Crippen molar-refractivity contribution in [2.45, 2.75) is 25.8 Å². The van der Waals surface area contributed by atoms with E-state index in [-0.39, 0.29) is 5.82 Å². The standard InChI is InChI=1S/C12H17FN2/c1-7-11(8(2)12(7)14-3)10-5-4-9(13)6-15-10/h4-8,11-12,14H,1-3H3. The van der Waals surface area contributed by atoms with E-state index in [2.05, 4.69) is 24.1 Å². The lowest BCUT2D eigenvalue weighted by atomic mass is 9.61. The molecule has 2 unspecified atom stereocenters. The molecule has 15 heavy (non-hydrogen) atoms. The average molecular weight is 208 g/mol. The molecule has 1 aromatic heterocycles. The Bertz CT molecular complexity index is 326. The summed E-state index contributed by atoms with van der Waals surface area (Å²) in [6.45, 7) is 4.44. The number of pyridine rings is 1. The second-order valence-corrected chi connectivity index (χ2v) is 4.46. The number of halogens is 1. The number of aromatic nitrogens is 1. The molecule has 0 bridgehead atoms. The Hall–Kier alpha value is -0.960. The lowest BCUT2D eigenvalue weighted by Gasteiger charge is -2.49. The van der Waals surface area contributed by atoms with E-state index < -0.39 is 0 Å². The highest BCUT2D eigenvalue weighted by atomic mass is 19.1. The van der Waals surface area contributed by atoms with E-state index in [0.717, 1.165) is 5.69 Å². The van der Waals surface area contributed by atoms with Gasteiger partial charge in [0.15, 0.2) is 0 Å². The van der Waals surface area contributed by atoms with Crippen molar-refractivity contribution in [3.8, 4) is 0 Å². The lowest BCUT2D eigenvalue weighted by molar-refractivity contribution is 0.100. The predicted molar refractivity (Wildman–Crippen MR) is 58.1 cm³/mol. The van der Waals surface area contributed by atoms with Crippen LogP contribution < -0.4 is 5.32 Å². The summed E-state index contributed by atoms with van der Waals surface area (Å²) >= 11 is 0. The minimum atomic E-state index is -0.261. The first kappa shape index (κ1) is 10.6. The molecule has 3 heteroatoms. The summed E-state index contributed by atoms with van der Waals surface area (Å²) in [5.74, 6) is 1.34. The molecule has 1 aliphatic carbocycles. The third-order valence-corrected chi connectivity index (χ3v) is 3.69. The van der Waals surface area contributed by atoms with Gasteiger partial charge in [-0.2, -0.15) is 0 Å². The first-order valence-corrected chi connectivity index (χ1v) is 5.44. The van der Waals surface area contributed by atoms with Crippen LogP contribution in [0.2, 0.25) is 0 Å². The van der Waals surface area contributed by atoms with Gasteiger partial charge in [0, 0.05) is 17.7 Å². The van der Waals surface area contributed by atoms with Crippen molar-refractivity contribution in [1.29, 1.82) is 0 Å². The number of hydrogen-bond acceptors (Lipinski definition) is 2. The zero-order valence-corrected chi connectivity index (χ0v) is 9.37. The van der Waals surface area contributed by atoms with E-state index in [1.54, 1.807) is 6.07 Å². The number of rotatable bonds is 2. The first-order chi connectivity index (χ1) is 7.15. The molecule has 1 saturated carbocycles. The van der Waals surface area contributed by atoms with Crippen LogP contribution >= 0.6 is 0 Å². The third-order valence-electron chi connectivity index (χ3n) is 3.69. The fourth-order valence-electron chi connectivity index (χ4n) is 2.91. The van der Waals surface area contributed by atoms with Gasteiger partial charge in [-0.15, -0.1) is 0 Å². The topological polar surface area (TPSA) is 24.9 Å². The van der Waals surface area contributed by atoms with Crippen LogP contribution in [0.4, 0.5) is 4.39 Å². The highest BCUT2D eigenvalue weighted by molar-refractivity contribution is 5.19. The zero-order valence-electron chi connectivity index (χ0n) is 9.37. The Balaban J connectivity index is 2.16. The highest BCUT2D eigenvalue weighted by Crippen LogP contribution is 2.46. The largest absolute Gasteiger partial charge is 0.316 e.